The number of hydrogen-bond donors (Lipinski definition) is 0. The first-order valence-corrected chi connectivity index (χ1v) is 5.95. The molecule has 0 saturated heterocycles. The van der Waals surface area contributed by atoms with E-state index in [9.17, 15) is 0 Å². The first-order chi connectivity index (χ1) is 8.40. The molecule has 0 bridgehead atoms. The predicted molar refractivity (Wildman–Crippen MR) is 73.8 cm³/mol. The van der Waals surface area contributed by atoms with E-state index in [1.54, 1.807) is 0 Å². The zero-order chi connectivity index (χ0) is 11.7. The van der Waals surface area contributed by atoms with E-state index < -0.39 is 0 Å². The summed E-state index contributed by atoms with van der Waals surface area (Å²) in [4.78, 5) is 2.33. The summed E-state index contributed by atoms with van der Waals surface area (Å²) >= 11 is 0. The van der Waals surface area contributed by atoms with Crippen molar-refractivity contribution in [3.05, 3.63) is 72.0 Å². The lowest BCUT2D eigenvalue weighted by molar-refractivity contribution is 0.979. The average molecular weight is 221 g/mol. The van der Waals surface area contributed by atoms with Crippen LogP contribution in [0.2, 0.25) is 0 Å². The molecule has 1 aliphatic heterocycles. The molecule has 17 heavy (non-hydrogen) atoms. The van der Waals surface area contributed by atoms with E-state index >= 15 is 0 Å². The second-order valence-corrected chi connectivity index (χ2v) is 4.31. The molecule has 2 aliphatic rings. The quantitative estimate of drug-likeness (QED) is 0.684. The Balaban J connectivity index is 2.17. The molecule has 0 radical (unpaired) electrons. The van der Waals surface area contributed by atoms with E-state index in [0.29, 0.717) is 0 Å². The van der Waals surface area contributed by atoms with Crippen LogP contribution in [-0.2, 0) is 0 Å². The molecular weight excluding hydrogens is 206 g/mol. The number of para-hydroxylation sites is 1. The highest BCUT2D eigenvalue weighted by Gasteiger charge is 2.21. The zero-order valence-electron chi connectivity index (χ0n) is 9.76. The van der Waals surface area contributed by atoms with Gasteiger partial charge in [-0.05, 0) is 35.8 Å². The highest BCUT2D eigenvalue weighted by Crippen LogP contribution is 2.37. The van der Waals surface area contributed by atoms with Crippen molar-refractivity contribution in [2.75, 3.05) is 11.4 Å². The molecular formula is C16H15N. The summed E-state index contributed by atoms with van der Waals surface area (Å²) in [7, 11) is 0. The summed E-state index contributed by atoms with van der Waals surface area (Å²) in [6, 6.07) is 8.53. The van der Waals surface area contributed by atoms with Gasteiger partial charge in [-0.15, -0.1) is 6.58 Å². The molecule has 0 saturated carbocycles. The van der Waals surface area contributed by atoms with Crippen LogP contribution in [0.25, 0.3) is 6.08 Å². The number of benzene rings is 1. The third kappa shape index (κ3) is 1.64. The van der Waals surface area contributed by atoms with Crippen LogP contribution in [0.15, 0.2) is 66.4 Å². The molecule has 0 aromatic heterocycles. The first-order valence-electron chi connectivity index (χ1n) is 5.95. The number of fused-ring (bicyclic) bond motifs is 2. The van der Waals surface area contributed by atoms with Gasteiger partial charge in [-0.1, -0.05) is 36.4 Å². The lowest BCUT2D eigenvalue weighted by Crippen LogP contribution is -2.27. The smallest absolute Gasteiger partial charge is 0.0487 e. The molecule has 0 unspecified atom stereocenters. The minimum Gasteiger partial charge on any atom is -0.337 e. The van der Waals surface area contributed by atoms with Gasteiger partial charge in [-0.2, -0.15) is 0 Å². The number of allylic oxidation sites excluding steroid dienone is 4. The molecule has 1 nitrogen and oxygen atoms in total. The van der Waals surface area contributed by atoms with E-state index in [-0.39, 0.29) is 0 Å². The molecule has 84 valence electrons. The molecule has 1 aliphatic carbocycles. The summed E-state index contributed by atoms with van der Waals surface area (Å²) in [5.41, 5.74) is 5.29. The van der Waals surface area contributed by atoms with Gasteiger partial charge in [0, 0.05) is 17.9 Å². The monoisotopic (exact) mass is 221 g/mol. The molecule has 0 atom stereocenters. The molecule has 0 spiro atoms. The van der Waals surface area contributed by atoms with E-state index in [1.165, 1.54) is 22.5 Å². The van der Waals surface area contributed by atoms with Crippen molar-refractivity contribution in [3.63, 3.8) is 0 Å². The molecule has 1 heterocycles. The Morgan fingerprint density at radius 1 is 1.29 bits per heavy atom. The second-order valence-electron chi connectivity index (χ2n) is 4.31. The van der Waals surface area contributed by atoms with Gasteiger partial charge in [-0.3, -0.25) is 0 Å². The number of anilines is 1. The maximum Gasteiger partial charge on any atom is 0.0487 e. The average Bonchev–Trinajstić information content (AvgIpc) is 2.39. The van der Waals surface area contributed by atoms with Crippen molar-refractivity contribution in [1.29, 1.82) is 0 Å². The molecule has 0 amide bonds. The van der Waals surface area contributed by atoms with Crippen LogP contribution < -0.4 is 4.90 Å². The Kier molecular flexibility index (Phi) is 2.45. The van der Waals surface area contributed by atoms with Crippen molar-refractivity contribution in [2.24, 2.45) is 0 Å². The van der Waals surface area contributed by atoms with Gasteiger partial charge in [0.15, 0.2) is 0 Å². The van der Waals surface area contributed by atoms with Gasteiger partial charge in [0.1, 0.15) is 0 Å². The van der Waals surface area contributed by atoms with Crippen molar-refractivity contribution in [3.8, 4) is 0 Å². The third-order valence-electron chi connectivity index (χ3n) is 3.22. The lowest BCUT2D eigenvalue weighted by atomic mass is 9.94. The Morgan fingerprint density at radius 2 is 2.18 bits per heavy atom. The summed E-state index contributed by atoms with van der Waals surface area (Å²) in [6.45, 7) is 4.71. The highest BCUT2D eigenvalue weighted by atomic mass is 15.1. The predicted octanol–water partition coefficient (Wildman–Crippen LogP) is 3.92. The fraction of sp³-hybridized carbons (Fsp3) is 0.125. The van der Waals surface area contributed by atoms with Gasteiger partial charge in [-0.25, -0.2) is 0 Å². The van der Waals surface area contributed by atoms with Crippen LogP contribution >= 0.6 is 0 Å². The van der Waals surface area contributed by atoms with Crippen LogP contribution in [0.1, 0.15) is 12.0 Å². The van der Waals surface area contributed by atoms with Gasteiger partial charge < -0.3 is 4.90 Å². The lowest BCUT2D eigenvalue weighted by Gasteiger charge is -2.34. The highest BCUT2D eigenvalue weighted by molar-refractivity contribution is 5.80. The molecule has 1 heteroatoms. The number of nitrogens with zero attached hydrogens (tertiary/aromatic N) is 1. The number of rotatable bonds is 2. The van der Waals surface area contributed by atoms with Gasteiger partial charge in [0.2, 0.25) is 0 Å². The number of hydrogen-bond acceptors (Lipinski definition) is 1. The van der Waals surface area contributed by atoms with Crippen molar-refractivity contribution in [1.82, 2.24) is 0 Å². The molecule has 0 fully saturated rings. The minimum atomic E-state index is 0.855. The minimum absolute atomic E-state index is 0.855. The Bertz CT molecular complexity index is 546. The summed E-state index contributed by atoms with van der Waals surface area (Å²) in [5.74, 6) is 0. The normalized spacial score (nSPS) is 16.8. The third-order valence-corrected chi connectivity index (χ3v) is 3.22. The SMILES string of the molecule is C=CCN1C2=CC=CCC2=Cc2ccccc21. The second kappa shape index (κ2) is 4.10. The van der Waals surface area contributed by atoms with Crippen LogP contribution in [0.4, 0.5) is 5.69 Å². The topological polar surface area (TPSA) is 3.24 Å². The summed E-state index contributed by atoms with van der Waals surface area (Å²) < 4.78 is 0. The van der Waals surface area contributed by atoms with Gasteiger partial charge in [0.05, 0.1) is 0 Å². The van der Waals surface area contributed by atoms with Gasteiger partial charge in [0.25, 0.3) is 0 Å². The summed E-state index contributed by atoms with van der Waals surface area (Å²) in [5, 5.41) is 0. The van der Waals surface area contributed by atoms with E-state index in [0.717, 1.165) is 13.0 Å². The van der Waals surface area contributed by atoms with Crippen LogP contribution in [-0.4, -0.2) is 6.54 Å². The fourth-order valence-corrected chi connectivity index (χ4v) is 2.46. The molecule has 3 rings (SSSR count). The Hall–Kier alpha value is -2.02. The molecule has 0 N–H and O–H groups in total. The van der Waals surface area contributed by atoms with Crippen LogP contribution in [0.5, 0.6) is 0 Å². The van der Waals surface area contributed by atoms with E-state index in [2.05, 4.69) is 60.0 Å². The van der Waals surface area contributed by atoms with Crippen LogP contribution in [0.3, 0.4) is 0 Å². The maximum absolute atomic E-state index is 3.86. The standard InChI is InChI=1S/C16H15N/c1-2-11-17-15-9-5-3-7-13(15)12-14-8-4-6-10-16(14)17/h2-7,9-10,12H,1,8,11H2. The van der Waals surface area contributed by atoms with Crippen molar-refractivity contribution < 1.29 is 0 Å². The van der Waals surface area contributed by atoms with Crippen molar-refractivity contribution >= 4 is 11.8 Å². The van der Waals surface area contributed by atoms with E-state index in [1.807, 2.05) is 6.08 Å². The van der Waals surface area contributed by atoms with Gasteiger partial charge >= 0.3 is 0 Å². The zero-order valence-corrected chi connectivity index (χ0v) is 9.76. The van der Waals surface area contributed by atoms with Crippen molar-refractivity contribution in [2.45, 2.75) is 6.42 Å². The Labute approximate surface area is 102 Å². The molecule has 1 aromatic carbocycles. The van der Waals surface area contributed by atoms with E-state index in [4.69, 9.17) is 0 Å². The largest absolute Gasteiger partial charge is 0.337 e. The first kappa shape index (κ1) is 10.2. The summed E-state index contributed by atoms with van der Waals surface area (Å²) in [6.07, 6.45) is 11.8. The maximum atomic E-state index is 3.86. The van der Waals surface area contributed by atoms with Crippen LogP contribution in [0, 0.1) is 0 Å². The molecule has 1 aromatic rings. The fourth-order valence-electron chi connectivity index (χ4n) is 2.46. The Morgan fingerprint density at radius 3 is 3.06 bits per heavy atom.